The number of H-pyrrole nitrogens is 1. The average Bonchev–Trinajstić information content (AvgIpc) is 2.29. The van der Waals surface area contributed by atoms with Gasteiger partial charge in [-0.2, -0.15) is 0 Å². The molecule has 0 radical (unpaired) electrons. The molecule has 1 aromatic heterocycles. The third-order valence-corrected chi connectivity index (χ3v) is 2.45. The normalized spacial score (nSPS) is 10.3. The molecule has 0 spiro atoms. The highest BCUT2D eigenvalue weighted by atomic mass is 16.4. The molecule has 0 saturated carbocycles. The molecule has 0 atom stereocenters. The van der Waals surface area contributed by atoms with Gasteiger partial charge in [0, 0.05) is 6.07 Å². The molecule has 2 N–H and O–H groups in total. The molecule has 1 heterocycles. The van der Waals surface area contributed by atoms with Crippen molar-refractivity contribution in [1.82, 2.24) is 9.55 Å². The fourth-order valence-electron chi connectivity index (χ4n) is 1.60. The molecule has 2 rings (SSSR count). The first kappa shape index (κ1) is 11.8. The number of rotatable bonds is 2. The number of carbonyl (C=O) groups is 1. The van der Waals surface area contributed by atoms with Gasteiger partial charge in [0.2, 0.25) is 0 Å². The highest BCUT2D eigenvalue weighted by Gasteiger charge is 2.14. The minimum absolute atomic E-state index is 0.368. The predicted molar refractivity (Wildman–Crippen MR) is 64.4 cm³/mol. The number of aromatic nitrogens is 2. The van der Waals surface area contributed by atoms with Gasteiger partial charge in [-0.1, -0.05) is 17.7 Å². The van der Waals surface area contributed by atoms with Crippen molar-refractivity contribution in [2.45, 2.75) is 6.92 Å². The maximum absolute atomic E-state index is 11.7. The van der Waals surface area contributed by atoms with Crippen LogP contribution in [0.2, 0.25) is 0 Å². The van der Waals surface area contributed by atoms with Gasteiger partial charge in [0.05, 0.1) is 5.69 Å². The molecule has 1 aromatic carbocycles. The zero-order valence-corrected chi connectivity index (χ0v) is 9.51. The Labute approximate surface area is 101 Å². The van der Waals surface area contributed by atoms with Gasteiger partial charge >= 0.3 is 11.7 Å². The summed E-state index contributed by atoms with van der Waals surface area (Å²) in [4.78, 5) is 35.9. The summed E-state index contributed by atoms with van der Waals surface area (Å²) in [7, 11) is 0. The van der Waals surface area contributed by atoms with Crippen LogP contribution in [0.4, 0.5) is 0 Å². The first-order valence-electron chi connectivity index (χ1n) is 5.16. The zero-order chi connectivity index (χ0) is 13.3. The van der Waals surface area contributed by atoms with E-state index in [2.05, 4.69) is 0 Å². The van der Waals surface area contributed by atoms with Crippen LogP contribution in [0.25, 0.3) is 5.69 Å². The van der Waals surface area contributed by atoms with Gasteiger partial charge in [0.1, 0.15) is 5.69 Å². The van der Waals surface area contributed by atoms with E-state index in [1.165, 1.54) is 0 Å². The van der Waals surface area contributed by atoms with E-state index in [0.717, 1.165) is 16.2 Å². The van der Waals surface area contributed by atoms with Crippen molar-refractivity contribution in [3.05, 3.63) is 62.4 Å². The standard InChI is InChI=1S/C12H10N2O4/c1-7-2-4-8(5-3-7)14-9(11(16)17)6-10(15)13-12(14)18/h2-6H,1H3,(H,16,17)(H,13,15,18). The summed E-state index contributed by atoms with van der Waals surface area (Å²) in [6, 6.07) is 7.60. The Hall–Kier alpha value is -2.63. The number of benzene rings is 1. The molecule has 2 aromatic rings. The minimum atomic E-state index is -1.33. The molecule has 0 fully saturated rings. The lowest BCUT2D eigenvalue weighted by atomic mass is 10.2. The maximum Gasteiger partial charge on any atom is 0.353 e. The van der Waals surface area contributed by atoms with E-state index in [1.807, 2.05) is 11.9 Å². The second kappa shape index (κ2) is 4.33. The molecule has 0 saturated heterocycles. The monoisotopic (exact) mass is 246 g/mol. The second-order valence-corrected chi connectivity index (χ2v) is 3.80. The molecule has 0 unspecified atom stereocenters. The minimum Gasteiger partial charge on any atom is -0.477 e. The van der Waals surface area contributed by atoms with Crippen LogP contribution in [0.15, 0.2) is 39.9 Å². The van der Waals surface area contributed by atoms with Crippen molar-refractivity contribution in [3.8, 4) is 5.69 Å². The maximum atomic E-state index is 11.7. The van der Waals surface area contributed by atoms with Crippen LogP contribution in [-0.4, -0.2) is 20.6 Å². The van der Waals surface area contributed by atoms with Crippen LogP contribution in [0.3, 0.4) is 0 Å². The van der Waals surface area contributed by atoms with E-state index in [-0.39, 0.29) is 5.69 Å². The second-order valence-electron chi connectivity index (χ2n) is 3.80. The molecule has 0 aliphatic rings. The molecule has 0 amide bonds. The SMILES string of the molecule is Cc1ccc(-n2c(C(=O)O)cc(=O)[nH]c2=O)cc1. The number of hydrogen-bond donors (Lipinski definition) is 2. The number of carboxylic acids is 1. The summed E-state index contributed by atoms with van der Waals surface area (Å²) in [6.45, 7) is 1.87. The summed E-state index contributed by atoms with van der Waals surface area (Å²) in [5.74, 6) is -1.33. The number of nitrogens with zero attached hydrogens (tertiary/aromatic N) is 1. The summed E-state index contributed by atoms with van der Waals surface area (Å²) in [6.07, 6.45) is 0. The van der Waals surface area contributed by atoms with E-state index in [0.29, 0.717) is 5.69 Å². The van der Waals surface area contributed by atoms with Crippen molar-refractivity contribution in [2.75, 3.05) is 0 Å². The third kappa shape index (κ3) is 2.08. The Kier molecular flexibility index (Phi) is 2.85. The van der Waals surface area contributed by atoms with E-state index in [9.17, 15) is 14.4 Å². The van der Waals surface area contributed by atoms with Crippen molar-refractivity contribution in [3.63, 3.8) is 0 Å². The number of hydrogen-bond acceptors (Lipinski definition) is 3. The van der Waals surface area contributed by atoms with Crippen molar-refractivity contribution >= 4 is 5.97 Å². The quantitative estimate of drug-likeness (QED) is 0.808. The number of aromatic amines is 1. The van der Waals surface area contributed by atoms with Crippen LogP contribution in [0.1, 0.15) is 16.1 Å². The first-order chi connectivity index (χ1) is 8.49. The van der Waals surface area contributed by atoms with Crippen LogP contribution < -0.4 is 11.2 Å². The molecular formula is C12H10N2O4. The Morgan fingerprint density at radius 2 is 1.83 bits per heavy atom. The van der Waals surface area contributed by atoms with Crippen LogP contribution in [0, 0.1) is 6.92 Å². The lowest BCUT2D eigenvalue weighted by molar-refractivity contribution is 0.0686. The number of aryl methyl sites for hydroxylation is 1. The molecule has 6 nitrogen and oxygen atoms in total. The van der Waals surface area contributed by atoms with Crippen LogP contribution in [0.5, 0.6) is 0 Å². The molecule has 18 heavy (non-hydrogen) atoms. The fraction of sp³-hybridized carbons (Fsp3) is 0.0833. The predicted octanol–water partition coefficient (Wildman–Crippen LogP) is 0.532. The lowest BCUT2D eigenvalue weighted by Crippen LogP contribution is -2.32. The summed E-state index contributed by atoms with van der Waals surface area (Å²) in [5.41, 5.74) is -0.510. The van der Waals surface area contributed by atoms with Gasteiger partial charge < -0.3 is 5.11 Å². The third-order valence-electron chi connectivity index (χ3n) is 2.45. The van der Waals surface area contributed by atoms with Crippen LogP contribution >= 0.6 is 0 Å². The average molecular weight is 246 g/mol. The van der Waals surface area contributed by atoms with E-state index in [1.54, 1.807) is 24.3 Å². The number of nitrogens with one attached hydrogen (secondary N) is 1. The van der Waals surface area contributed by atoms with Crippen LogP contribution in [-0.2, 0) is 0 Å². The first-order valence-corrected chi connectivity index (χ1v) is 5.16. The Morgan fingerprint density at radius 1 is 1.22 bits per heavy atom. The lowest BCUT2D eigenvalue weighted by Gasteiger charge is -2.08. The van der Waals surface area contributed by atoms with Crippen molar-refractivity contribution in [2.24, 2.45) is 0 Å². The Balaban J connectivity index is 2.78. The van der Waals surface area contributed by atoms with Gasteiger partial charge in [0.25, 0.3) is 5.56 Å². The molecule has 92 valence electrons. The van der Waals surface area contributed by atoms with E-state index >= 15 is 0 Å². The largest absolute Gasteiger partial charge is 0.477 e. The fourth-order valence-corrected chi connectivity index (χ4v) is 1.60. The van der Waals surface area contributed by atoms with Crippen molar-refractivity contribution in [1.29, 1.82) is 0 Å². The number of aromatic carboxylic acids is 1. The van der Waals surface area contributed by atoms with Crippen molar-refractivity contribution < 1.29 is 9.90 Å². The van der Waals surface area contributed by atoms with Gasteiger partial charge in [-0.05, 0) is 19.1 Å². The van der Waals surface area contributed by atoms with Gasteiger partial charge in [-0.15, -0.1) is 0 Å². The molecule has 0 bridgehead atoms. The smallest absolute Gasteiger partial charge is 0.353 e. The highest BCUT2D eigenvalue weighted by Crippen LogP contribution is 2.08. The van der Waals surface area contributed by atoms with Gasteiger partial charge in [0.15, 0.2) is 0 Å². The number of carboxylic acid groups (broad SMARTS) is 1. The molecular weight excluding hydrogens is 236 g/mol. The zero-order valence-electron chi connectivity index (χ0n) is 9.51. The Bertz CT molecular complexity index is 710. The molecule has 0 aliphatic carbocycles. The topological polar surface area (TPSA) is 92.2 Å². The summed E-state index contributed by atoms with van der Waals surface area (Å²) >= 11 is 0. The summed E-state index contributed by atoms with van der Waals surface area (Å²) in [5, 5.41) is 9.02. The molecule has 6 heteroatoms. The summed E-state index contributed by atoms with van der Waals surface area (Å²) < 4.78 is 0.948. The van der Waals surface area contributed by atoms with Gasteiger partial charge in [-0.25, -0.2) is 9.59 Å². The molecule has 0 aliphatic heterocycles. The van der Waals surface area contributed by atoms with E-state index < -0.39 is 17.2 Å². The van der Waals surface area contributed by atoms with Gasteiger partial charge in [-0.3, -0.25) is 14.3 Å². The van der Waals surface area contributed by atoms with E-state index in [4.69, 9.17) is 5.11 Å². The highest BCUT2D eigenvalue weighted by molar-refractivity contribution is 5.86. The Morgan fingerprint density at radius 3 is 2.39 bits per heavy atom.